The number of hydrogen-bond donors (Lipinski definition) is 0. The molecule has 1 amide bonds. The first-order valence-electron chi connectivity index (χ1n) is 6.03. The molecule has 1 saturated heterocycles. The average molecular weight is 292 g/mol. The summed E-state index contributed by atoms with van der Waals surface area (Å²) in [4.78, 5) is 13.1. The molecule has 0 spiro atoms. The van der Waals surface area contributed by atoms with Crippen molar-refractivity contribution in [1.29, 1.82) is 0 Å². The standard InChI is InChI=1S/C13H13ClF3NO/c14-10-6-4-9(5-7-10)12(19)18-8-2-1-3-11(18)13(15,16)17/h4-7,11H,1-3,8H2. The number of nitrogens with zero attached hydrogens (tertiary/aromatic N) is 1. The minimum atomic E-state index is -4.37. The topological polar surface area (TPSA) is 20.3 Å². The monoisotopic (exact) mass is 291 g/mol. The molecule has 19 heavy (non-hydrogen) atoms. The first-order chi connectivity index (χ1) is 8.89. The van der Waals surface area contributed by atoms with Gasteiger partial charge in [0, 0.05) is 17.1 Å². The van der Waals surface area contributed by atoms with Gasteiger partial charge in [-0.15, -0.1) is 0 Å². The molecule has 1 aromatic carbocycles. The highest BCUT2D eigenvalue weighted by molar-refractivity contribution is 6.30. The van der Waals surface area contributed by atoms with Crippen LogP contribution in [0.5, 0.6) is 0 Å². The van der Waals surface area contributed by atoms with Crippen molar-refractivity contribution in [2.75, 3.05) is 6.54 Å². The molecule has 0 aromatic heterocycles. The van der Waals surface area contributed by atoms with Gasteiger partial charge in [0.2, 0.25) is 0 Å². The third-order valence-corrected chi connectivity index (χ3v) is 3.48. The van der Waals surface area contributed by atoms with Crippen LogP contribution in [-0.2, 0) is 0 Å². The molecular weight excluding hydrogens is 279 g/mol. The minimum absolute atomic E-state index is 0.0250. The van der Waals surface area contributed by atoms with Gasteiger partial charge in [-0.3, -0.25) is 4.79 Å². The molecule has 2 rings (SSSR count). The number of benzene rings is 1. The highest BCUT2D eigenvalue weighted by Gasteiger charge is 2.46. The van der Waals surface area contributed by atoms with Crippen LogP contribution in [0.2, 0.25) is 5.02 Å². The first-order valence-corrected chi connectivity index (χ1v) is 6.40. The van der Waals surface area contributed by atoms with Gasteiger partial charge < -0.3 is 4.90 Å². The second kappa shape index (κ2) is 5.41. The summed E-state index contributed by atoms with van der Waals surface area (Å²) in [6.45, 7) is 0.144. The Bertz CT molecular complexity index is 458. The van der Waals surface area contributed by atoms with Crippen LogP contribution in [0.1, 0.15) is 29.6 Å². The smallest absolute Gasteiger partial charge is 0.327 e. The largest absolute Gasteiger partial charge is 0.408 e. The van der Waals surface area contributed by atoms with Crippen LogP contribution in [0.3, 0.4) is 0 Å². The lowest BCUT2D eigenvalue weighted by molar-refractivity contribution is -0.183. The zero-order valence-corrected chi connectivity index (χ0v) is 10.8. The van der Waals surface area contributed by atoms with Gasteiger partial charge in [0.25, 0.3) is 5.91 Å². The molecule has 0 bridgehead atoms. The fraction of sp³-hybridized carbons (Fsp3) is 0.462. The molecule has 6 heteroatoms. The molecule has 104 valence electrons. The van der Waals surface area contributed by atoms with Crippen LogP contribution in [-0.4, -0.2) is 29.6 Å². The second-order valence-electron chi connectivity index (χ2n) is 4.56. The maximum Gasteiger partial charge on any atom is 0.408 e. The SMILES string of the molecule is O=C(c1ccc(Cl)cc1)N1CCCCC1C(F)(F)F. The zero-order valence-electron chi connectivity index (χ0n) is 10.1. The van der Waals surface area contributed by atoms with Gasteiger partial charge in [-0.1, -0.05) is 11.6 Å². The van der Waals surface area contributed by atoms with Gasteiger partial charge in [-0.05, 0) is 43.5 Å². The Hall–Kier alpha value is -1.23. The highest BCUT2D eigenvalue weighted by atomic mass is 35.5. The van der Waals surface area contributed by atoms with Crippen LogP contribution in [0.4, 0.5) is 13.2 Å². The van der Waals surface area contributed by atoms with Crippen molar-refractivity contribution in [2.24, 2.45) is 0 Å². The fourth-order valence-electron chi connectivity index (χ4n) is 2.27. The third-order valence-electron chi connectivity index (χ3n) is 3.23. The Morgan fingerprint density at radius 3 is 2.42 bits per heavy atom. The molecule has 2 nitrogen and oxygen atoms in total. The number of amides is 1. The quantitative estimate of drug-likeness (QED) is 0.768. The molecule has 1 atom stereocenters. The molecule has 1 unspecified atom stereocenters. The molecule has 1 heterocycles. The molecular formula is C13H13ClF3NO. The van der Waals surface area contributed by atoms with Gasteiger partial charge in [-0.2, -0.15) is 13.2 Å². The number of carbonyl (C=O) groups is 1. The van der Waals surface area contributed by atoms with Crippen LogP contribution in [0.15, 0.2) is 24.3 Å². The Morgan fingerprint density at radius 2 is 1.84 bits per heavy atom. The molecule has 1 aliphatic rings. The zero-order chi connectivity index (χ0) is 14.0. The van der Waals surface area contributed by atoms with Crippen molar-refractivity contribution < 1.29 is 18.0 Å². The number of rotatable bonds is 1. The van der Waals surface area contributed by atoms with Gasteiger partial charge in [-0.25, -0.2) is 0 Å². The molecule has 1 aliphatic heterocycles. The van der Waals surface area contributed by atoms with Crippen molar-refractivity contribution in [3.63, 3.8) is 0 Å². The van der Waals surface area contributed by atoms with Crippen molar-refractivity contribution in [3.8, 4) is 0 Å². The molecule has 1 aromatic rings. The van der Waals surface area contributed by atoms with Gasteiger partial charge in [0.05, 0.1) is 0 Å². The molecule has 0 saturated carbocycles. The van der Waals surface area contributed by atoms with Gasteiger partial charge in [0.1, 0.15) is 6.04 Å². The maximum atomic E-state index is 12.9. The lowest BCUT2D eigenvalue weighted by Crippen LogP contribution is -2.51. The molecule has 0 N–H and O–H groups in total. The Kier molecular flexibility index (Phi) is 4.04. The number of carbonyl (C=O) groups excluding carboxylic acids is 1. The minimum Gasteiger partial charge on any atom is -0.327 e. The number of likely N-dealkylation sites (tertiary alicyclic amines) is 1. The summed E-state index contributed by atoms with van der Waals surface area (Å²) in [7, 11) is 0. The van der Waals surface area contributed by atoms with Crippen LogP contribution in [0.25, 0.3) is 0 Å². The Labute approximate surface area is 114 Å². The van der Waals surface area contributed by atoms with E-state index >= 15 is 0 Å². The summed E-state index contributed by atoms with van der Waals surface area (Å²) in [6, 6.07) is 4.23. The van der Waals surface area contributed by atoms with Crippen molar-refractivity contribution in [3.05, 3.63) is 34.9 Å². The van der Waals surface area contributed by atoms with E-state index in [0.29, 0.717) is 17.9 Å². The van der Waals surface area contributed by atoms with Gasteiger partial charge in [0.15, 0.2) is 0 Å². The van der Waals surface area contributed by atoms with E-state index in [2.05, 4.69) is 0 Å². The average Bonchev–Trinajstić information content (AvgIpc) is 2.38. The molecule has 1 fully saturated rings. The van der Waals surface area contributed by atoms with Gasteiger partial charge >= 0.3 is 6.18 Å². The number of alkyl halides is 3. The van der Waals surface area contributed by atoms with E-state index in [-0.39, 0.29) is 18.5 Å². The number of piperidine rings is 1. The normalized spacial score (nSPS) is 20.4. The van der Waals surface area contributed by atoms with E-state index < -0.39 is 18.1 Å². The Morgan fingerprint density at radius 1 is 1.21 bits per heavy atom. The first kappa shape index (κ1) is 14.2. The predicted octanol–water partition coefficient (Wildman–Crippen LogP) is 3.90. The van der Waals surface area contributed by atoms with Crippen molar-refractivity contribution >= 4 is 17.5 Å². The Balaban J connectivity index is 2.22. The van der Waals surface area contributed by atoms with Crippen LogP contribution in [0, 0.1) is 0 Å². The summed E-state index contributed by atoms with van der Waals surface area (Å²) in [5, 5.41) is 0.447. The second-order valence-corrected chi connectivity index (χ2v) is 5.00. The lowest BCUT2D eigenvalue weighted by Gasteiger charge is -2.36. The predicted molar refractivity (Wildman–Crippen MR) is 66.2 cm³/mol. The lowest BCUT2D eigenvalue weighted by atomic mass is 10.0. The molecule has 0 radical (unpaired) electrons. The van der Waals surface area contributed by atoms with E-state index in [0.717, 1.165) is 4.90 Å². The van der Waals surface area contributed by atoms with Crippen molar-refractivity contribution in [1.82, 2.24) is 4.90 Å². The van der Waals surface area contributed by atoms with E-state index in [4.69, 9.17) is 11.6 Å². The summed E-state index contributed by atoms with van der Waals surface area (Å²) in [5.41, 5.74) is 0.237. The van der Waals surface area contributed by atoms with Crippen molar-refractivity contribution in [2.45, 2.75) is 31.5 Å². The van der Waals surface area contributed by atoms with E-state index in [1.165, 1.54) is 24.3 Å². The van der Waals surface area contributed by atoms with E-state index in [9.17, 15) is 18.0 Å². The summed E-state index contributed by atoms with van der Waals surface area (Å²) < 4.78 is 38.7. The number of hydrogen-bond acceptors (Lipinski definition) is 1. The number of halogens is 4. The summed E-state index contributed by atoms with van der Waals surface area (Å²) in [5.74, 6) is -0.585. The van der Waals surface area contributed by atoms with Crippen LogP contribution >= 0.6 is 11.6 Å². The van der Waals surface area contributed by atoms with E-state index in [1.54, 1.807) is 0 Å². The third kappa shape index (κ3) is 3.21. The van der Waals surface area contributed by atoms with Crippen LogP contribution < -0.4 is 0 Å². The summed E-state index contributed by atoms with van der Waals surface area (Å²) in [6.07, 6.45) is -3.30. The maximum absolute atomic E-state index is 12.9. The summed E-state index contributed by atoms with van der Waals surface area (Å²) >= 11 is 5.70. The van der Waals surface area contributed by atoms with E-state index in [1.807, 2.05) is 0 Å². The highest BCUT2D eigenvalue weighted by Crippen LogP contribution is 2.32. The molecule has 0 aliphatic carbocycles. The fourth-order valence-corrected chi connectivity index (χ4v) is 2.40.